The summed E-state index contributed by atoms with van der Waals surface area (Å²) in [5, 5.41) is 12.4. The van der Waals surface area contributed by atoms with E-state index in [1.807, 2.05) is 85.8 Å². The van der Waals surface area contributed by atoms with Gasteiger partial charge in [0.15, 0.2) is 0 Å². The summed E-state index contributed by atoms with van der Waals surface area (Å²) in [6, 6.07) is 29.8. The molecule has 0 aromatic heterocycles. The van der Waals surface area contributed by atoms with Gasteiger partial charge in [0.05, 0.1) is 6.04 Å². The van der Waals surface area contributed by atoms with E-state index in [9.17, 15) is 10.1 Å². The lowest BCUT2D eigenvalue weighted by molar-refractivity contribution is -0.117. The Morgan fingerprint density at radius 1 is 1.00 bits per heavy atom. The Morgan fingerprint density at radius 2 is 1.61 bits per heavy atom. The predicted molar refractivity (Wildman–Crippen MR) is 126 cm³/mol. The van der Waals surface area contributed by atoms with Crippen LogP contribution < -0.4 is 10.2 Å². The number of nitriles is 1. The number of hydrogen-bond donors (Lipinski definition) is 1. The van der Waals surface area contributed by atoms with Gasteiger partial charge in [-0.15, -0.1) is 0 Å². The van der Waals surface area contributed by atoms with E-state index in [1.165, 1.54) is 5.56 Å². The van der Waals surface area contributed by atoms with Crippen molar-refractivity contribution in [3.63, 3.8) is 0 Å². The third kappa shape index (κ3) is 6.07. The quantitative estimate of drug-likeness (QED) is 0.395. The second-order valence-corrected chi connectivity index (χ2v) is 7.37. The standard InChI is InChI=1S/C27H27N3O/c1-3-30(20-23-10-6-4-7-11-23)26-16-14-22(15-17-26)18-25(19-28)27(31)29-21(2)24-12-8-5-9-13-24/h4-18,21H,3,20H2,1-2H3,(H,29,31)/b25-18+. The molecule has 0 bridgehead atoms. The smallest absolute Gasteiger partial charge is 0.262 e. The number of carbonyl (C=O) groups excluding carboxylic acids is 1. The molecule has 1 unspecified atom stereocenters. The molecule has 1 amide bonds. The SMILES string of the molecule is CCN(Cc1ccccc1)c1ccc(/C=C(\C#N)C(=O)NC(C)c2ccccc2)cc1. The van der Waals surface area contributed by atoms with Crippen LogP contribution in [0.2, 0.25) is 0 Å². The summed E-state index contributed by atoms with van der Waals surface area (Å²) in [7, 11) is 0. The Balaban J connectivity index is 1.69. The van der Waals surface area contributed by atoms with Crippen LogP contribution in [0.3, 0.4) is 0 Å². The van der Waals surface area contributed by atoms with Gasteiger partial charge >= 0.3 is 0 Å². The molecule has 0 saturated carbocycles. The molecule has 0 spiro atoms. The van der Waals surface area contributed by atoms with E-state index in [0.29, 0.717) is 0 Å². The molecule has 4 heteroatoms. The first-order chi connectivity index (χ1) is 15.1. The molecule has 0 radical (unpaired) electrons. The Kier molecular flexibility index (Phi) is 7.61. The molecule has 0 heterocycles. The van der Waals surface area contributed by atoms with E-state index in [1.54, 1.807) is 6.08 Å². The molecule has 0 fully saturated rings. The van der Waals surface area contributed by atoms with E-state index < -0.39 is 0 Å². The van der Waals surface area contributed by atoms with Crippen molar-refractivity contribution >= 4 is 17.7 Å². The van der Waals surface area contributed by atoms with Crippen LogP contribution in [-0.4, -0.2) is 12.5 Å². The summed E-state index contributed by atoms with van der Waals surface area (Å²) in [6.45, 7) is 5.74. The summed E-state index contributed by atoms with van der Waals surface area (Å²) in [5.41, 5.74) is 4.26. The zero-order valence-corrected chi connectivity index (χ0v) is 18.0. The van der Waals surface area contributed by atoms with Crippen molar-refractivity contribution < 1.29 is 4.79 Å². The molecule has 1 atom stereocenters. The van der Waals surface area contributed by atoms with Crippen molar-refractivity contribution in [2.75, 3.05) is 11.4 Å². The summed E-state index contributed by atoms with van der Waals surface area (Å²) in [4.78, 5) is 14.9. The van der Waals surface area contributed by atoms with Crippen LogP contribution in [0.1, 0.15) is 36.6 Å². The minimum atomic E-state index is -0.373. The zero-order chi connectivity index (χ0) is 22.1. The number of amides is 1. The highest BCUT2D eigenvalue weighted by Crippen LogP contribution is 2.20. The molecule has 0 saturated heterocycles. The van der Waals surface area contributed by atoms with Crippen LogP contribution in [0.25, 0.3) is 6.08 Å². The molecule has 3 aromatic rings. The Labute approximate surface area is 184 Å². The Morgan fingerprint density at radius 3 is 2.19 bits per heavy atom. The van der Waals surface area contributed by atoms with E-state index in [0.717, 1.165) is 29.9 Å². The van der Waals surface area contributed by atoms with Crippen LogP contribution in [-0.2, 0) is 11.3 Å². The maximum Gasteiger partial charge on any atom is 0.262 e. The van der Waals surface area contributed by atoms with Crippen molar-refractivity contribution in [3.05, 3.63) is 107 Å². The topological polar surface area (TPSA) is 56.1 Å². The molecule has 31 heavy (non-hydrogen) atoms. The summed E-state index contributed by atoms with van der Waals surface area (Å²) in [6.07, 6.45) is 1.63. The van der Waals surface area contributed by atoms with Crippen LogP contribution in [0.5, 0.6) is 0 Å². The second-order valence-electron chi connectivity index (χ2n) is 7.37. The normalized spacial score (nSPS) is 12.0. The van der Waals surface area contributed by atoms with Gasteiger partial charge in [-0.05, 0) is 48.7 Å². The minimum Gasteiger partial charge on any atom is -0.367 e. The maximum atomic E-state index is 12.6. The van der Waals surface area contributed by atoms with Crippen molar-refractivity contribution in [1.29, 1.82) is 5.26 Å². The predicted octanol–water partition coefficient (Wildman–Crippen LogP) is 5.50. The van der Waals surface area contributed by atoms with E-state index >= 15 is 0 Å². The fourth-order valence-electron chi connectivity index (χ4n) is 3.39. The second kappa shape index (κ2) is 10.8. The highest BCUT2D eigenvalue weighted by Gasteiger charge is 2.14. The van der Waals surface area contributed by atoms with Crippen molar-refractivity contribution in [3.8, 4) is 6.07 Å². The largest absolute Gasteiger partial charge is 0.367 e. The first-order valence-electron chi connectivity index (χ1n) is 10.5. The van der Waals surface area contributed by atoms with Gasteiger partial charge in [-0.3, -0.25) is 4.79 Å². The van der Waals surface area contributed by atoms with Gasteiger partial charge in [-0.25, -0.2) is 0 Å². The number of benzene rings is 3. The number of rotatable bonds is 8. The molecular weight excluding hydrogens is 382 g/mol. The van der Waals surface area contributed by atoms with Gasteiger partial charge < -0.3 is 10.2 Å². The van der Waals surface area contributed by atoms with E-state index in [4.69, 9.17) is 0 Å². The van der Waals surface area contributed by atoms with Crippen molar-refractivity contribution in [1.82, 2.24) is 5.32 Å². The van der Waals surface area contributed by atoms with Gasteiger partial charge in [0.2, 0.25) is 0 Å². The minimum absolute atomic E-state index is 0.0900. The van der Waals surface area contributed by atoms with Crippen LogP contribution in [0.4, 0.5) is 5.69 Å². The lowest BCUT2D eigenvalue weighted by Crippen LogP contribution is -2.27. The van der Waals surface area contributed by atoms with Gasteiger partial charge in [0.1, 0.15) is 11.6 Å². The fraction of sp³-hybridized carbons (Fsp3) is 0.185. The summed E-state index contributed by atoms with van der Waals surface area (Å²) >= 11 is 0. The number of hydrogen-bond acceptors (Lipinski definition) is 3. The van der Waals surface area contributed by atoms with Crippen LogP contribution in [0.15, 0.2) is 90.5 Å². The van der Waals surface area contributed by atoms with Gasteiger partial charge in [0, 0.05) is 18.8 Å². The third-order valence-corrected chi connectivity index (χ3v) is 5.18. The first kappa shape index (κ1) is 21.9. The van der Waals surface area contributed by atoms with Crippen molar-refractivity contribution in [2.24, 2.45) is 0 Å². The highest BCUT2D eigenvalue weighted by atomic mass is 16.1. The molecule has 0 aliphatic carbocycles. The fourth-order valence-corrected chi connectivity index (χ4v) is 3.39. The van der Waals surface area contributed by atoms with Gasteiger partial charge in [-0.1, -0.05) is 72.8 Å². The van der Waals surface area contributed by atoms with Gasteiger partial charge in [-0.2, -0.15) is 5.26 Å². The average molecular weight is 410 g/mol. The molecule has 1 N–H and O–H groups in total. The highest BCUT2D eigenvalue weighted by molar-refractivity contribution is 6.01. The lowest BCUT2D eigenvalue weighted by atomic mass is 10.1. The average Bonchev–Trinajstić information content (AvgIpc) is 2.82. The molecule has 3 rings (SSSR count). The number of carbonyl (C=O) groups is 1. The first-order valence-corrected chi connectivity index (χ1v) is 10.5. The Hall–Kier alpha value is -3.84. The monoisotopic (exact) mass is 409 g/mol. The van der Waals surface area contributed by atoms with Gasteiger partial charge in [0.25, 0.3) is 5.91 Å². The molecule has 3 aromatic carbocycles. The zero-order valence-electron chi connectivity index (χ0n) is 18.0. The van der Waals surface area contributed by atoms with E-state index in [2.05, 4.69) is 29.3 Å². The third-order valence-electron chi connectivity index (χ3n) is 5.18. The van der Waals surface area contributed by atoms with Crippen LogP contribution in [0, 0.1) is 11.3 Å². The molecular formula is C27H27N3O. The number of nitrogens with zero attached hydrogens (tertiary/aromatic N) is 2. The number of nitrogens with one attached hydrogen (secondary N) is 1. The molecule has 0 aliphatic rings. The molecule has 156 valence electrons. The van der Waals surface area contributed by atoms with Crippen molar-refractivity contribution in [2.45, 2.75) is 26.4 Å². The van der Waals surface area contributed by atoms with E-state index in [-0.39, 0.29) is 17.5 Å². The maximum absolute atomic E-state index is 12.6. The summed E-state index contributed by atoms with van der Waals surface area (Å²) in [5.74, 6) is -0.373. The lowest BCUT2D eigenvalue weighted by Gasteiger charge is -2.23. The molecule has 4 nitrogen and oxygen atoms in total. The summed E-state index contributed by atoms with van der Waals surface area (Å²) < 4.78 is 0. The number of anilines is 1. The Bertz CT molecular complexity index is 1050. The molecule has 0 aliphatic heterocycles. The van der Waals surface area contributed by atoms with Crippen LogP contribution >= 0.6 is 0 Å².